The van der Waals surface area contributed by atoms with E-state index in [2.05, 4.69) is 17.6 Å². The minimum atomic E-state index is -0.00842. The zero-order valence-corrected chi connectivity index (χ0v) is 10.7. The van der Waals surface area contributed by atoms with Crippen molar-refractivity contribution in [1.82, 2.24) is 5.32 Å². The number of methoxy groups -OCH3 is 1. The van der Waals surface area contributed by atoms with Crippen LogP contribution < -0.4 is 15.4 Å². The molecule has 0 spiro atoms. The van der Waals surface area contributed by atoms with Crippen LogP contribution in [0.3, 0.4) is 0 Å². The summed E-state index contributed by atoms with van der Waals surface area (Å²) < 4.78 is 5.22. The average Bonchev–Trinajstić information content (AvgIpc) is 2.36. The number of nitrogens with one attached hydrogen (secondary N) is 2. The highest BCUT2D eigenvalue weighted by atomic mass is 16.5. The van der Waals surface area contributed by atoms with Gasteiger partial charge in [-0.3, -0.25) is 4.79 Å². The van der Waals surface area contributed by atoms with Gasteiger partial charge >= 0.3 is 0 Å². The van der Waals surface area contributed by atoms with E-state index in [1.165, 1.54) is 5.56 Å². The van der Waals surface area contributed by atoms with E-state index in [4.69, 9.17) is 4.74 Å². The maximum Gasteiger partial charge on any atom is 0.225 e. The van der Waals surface area contributed by atoms with E-state index in [9.17, 15) is 4.79 Å². The van der Waals surface area contributed by atoms with Crippen molar-refractivity contribution in [2.24, 2.45) is 0 Å². The Morgan fingerprint density at radius 3 is 2.76 bits per heavy atom. The summed E-state index contributed by atoms with van der Waals surface area (Å²) in [5.41, 5.74) is 1.92. The Bertz CT molecular complexity index is 378. The van der Waals surface area contributed by atoms with Crippen molar-refractivity contribution in [3.8, 4) is 5.75 Å². The summed E-state index contributed by atoms with van der Waals surface area (Å²) in [6.07, 6.45) is 1.39. The first-order valence-corrected chi connectivity index (χ1v) is 5.82. The number of hydrogen-bond donors (Lipinski definition) is 2. The van der Waals surface area contributed by atoms with Gasteiger partial charge in [0, 0.05) is 13.0 Å². The quantitative estimate of drug-likeness (QED) is 0.792. The molecule has 0 heterocycles. The third-order valence-corrected chi connectivity index (χ3v) is 2.55. The maximum atomic E-state index is 11.6. The predicted molar refractivity (Wildman–Crippen MR) is 69.5 cm³/mol. The molecule has 1 aromatic carbocycles. The highest BCUT2D eigenvalue weighted by molar-refractivity contribution is 5.92. The standard InChI is InChI=1S/C13H20N2O2/c1-4-10-5-6-12(17-3)11(9-10)15-13(16)7-8-14-2/h5-6,9,14H,4,7-8H2,1-3H3,(H,15,16). The molecule has 0 bridgehead atoms. The smallest absolute Gasteiger partial charge is 0.225 e. The van der Waals surface area contributed by atoms with Crippen molar-refractivity contribution in [3.63, 3.8) is 0 Å². The van der Waals surface area contributed by atoms with E-state index in [0.29, 0.717) is 18.7 Å². The van der Waals surface area contributed by atoms with E-state index in [0.717, 1.165) is 12.1 Å². The van der Waals surface area contributed by atoms with Gasteiger partial charge in [-0.2, -0.15) is 0 Å². The van der Waals surface area contributed by atoms with Gasteiger partial charge < -0.3 is 15.4 Å². The maximum absolute atomic E-state index is 11.6. The fourth-order valence-corrected chi connectivity index (χ4v) is 1.52. The molecule has 0 saturated carbocycles. The highest BCUT2D eigenvalue weighted by Crippen LogP contribution is 2.25. The topological polar surface area (TPSA) is 50.4 Å². The summed E-state index contributed by atoms with van der Waals surface area (Å²) in [5.74, 6) is 0.686. The Hall–Kier alpha value is -1.55. The fourth-order valence-electron chi connectivity index (χ4n) is 1.52. The van der Waals surface area contributed by atoms with Gasteiger partial charge in [0.15, 0.2) is 0 Å². The van der Waals surface area contributed by atoms with Crippen molar-refractivity contribution in [2.45, 2.75) is 19.8 Å². The van der Waals surface area contributed by atoms with Crippen LogP contribution in [-0.2, 0) is 11.2 Å². The van der Waals surface area contributed by atoms with E-state index in [1.54, 1.807) is 7.11 Å². The lowest BCUT2D eigenvalue weighted by Gasteiger charge is -2.11. The molecule has 0 unspecified atom stereocenters. The van der Waals surface area contributed by atoms with Crippen LogP contribution in [0, 0.1) is 0 Å². The summed E-state index contributed by atoms with van der Waals surface area (Å²) in [6, 6.07) is 5.84. The SMILES string of the molecule is CCc1ccc(OC)c(NC(=O)CCNC)c1. The molecule has 1 rings (SSSR count). The zero-order valence-electron chi connectivity index (χ0n) is 10.7. The van der Waals surface area contributed by atoms with Gasteiger partial charge in [0.05, 0.1) is 12.8 Å². The van der Waals surface area contributed by atoms with Gasteiger partial charge in [-0.05, 0) is 31.2 Å². The summed E-state index contributed by atoms with van der Waals surface area (Å²) in [6.45, 7) is 2.75. The molecule has 0 atom stereocenters. The second-order valence-corrected chi connectivity index (χ2v) is 3.79. The van der Waals surface area contributed by atoms with Gasteiger partial charge in [-0.25, -0.2) is 0 Å². The van der Waals surface area contributed by atoms with E-state index in [-0.39, 0.29) is 5.91 Å². The molecule has 17 heavy (non-hydrogen) atoms. The summed E-state index contributed by atoms with van der Waals surface area (Å²) in [7, 11) is 3.43. The van der Waals surface area contributed by atoms with Gasteiger partial charge in [0.2, 0.25) is 5.91 Å². The molecular weight excluding hydrogens is 216 g/mol. The van der Waals surface area contributed by atoms with Crippen LogP contribution in [0.15, 0.2) is 18.2 Å². The van der Waals surface area contributed by atoms with Crippen LogP contribution >= 0.6 is 0 Å². The molecule has 0 aliphatic carbocycles. The second kappa shape index (κ2) is 6.91. The normalized spacial score (nSPS) is 10.1. The van der Waals surface area contributed by atoms with Gasteiger partial charge in [-0.15, -0.1) is 0 Å². The van der Waals surface area contributed by atoms with Crippen LogP contribution in [0.1, 0.15) is 18.9 Å². The Morgan fingerprint density at radius 1 is 1.41 bits per heavy atom. The summed E-state index contributed by atoms with van der Waals surface area (Å²) in [5, 5.41) is 5.81. The van der Waals surface area contributed by atoms with Crippen LogP contribution in [0.5, 0.6) is 5.75 Å². The monoisotopic (exact) mass is 236 g/mol. The van der Waals surface area contributed by atoms with Crippen molar-refractivity contribution >= 4 is 11.6 Å². The Kier molecular flexibility index (Phi) is 5.49. The number of carbonyl (C=O) groups excluding carboxylic acids is 1. The van der Waals surface area contributed by atoms with Crippen molar-refractivity contribution in [3.05, 3.63) is 23.8 Å². The largest absolute Gasteiger partial charge is 0.495 e. The van der Waals surface area contributed by atoms with Crippen LogP contribution in [0.4, 0.5) is 5.69 Å². The van der Waals surface area contributed by atoms with E-state index < -0.39 is 0 Å². The first-order valence-electron chi connectivity index (χ1n) is 5.82. The first-order chi connectivity index (χ1) is 8.21. The molecule has 0 fully saturated rings. The highest BCUT2D eigenvalue weighted by Gasteiger charge is 2.07. The number of rotatable bonds is 6. The zero-order chi connectivity index (χ0) is 12.7. The summed E-state index contributed by atoms with van der Waals surface area (Å²) in [4.78, 5) is 11.6. The average molecular weight is 236 g/mol. The second-order valence-electron chi connectivity index (χ2n) is 3.79. The van der Waals surface area contributed by atoms with Gasteiger partial charge in [0.25, 0.3) is 0 Å². The number of aryl methyl sites for hydroxylation is 1. The van der Waals surface area contributed by atoms with Crippen LogP contribution in [-0.4, -0.2) is 26.6 Å². The molecule has 0 aromatic heterocycles. The third kappa shape index (κ3) is 4.07. The molecule has 4 nitrogen and oxygen atoms in total. The third-order valence-electron chi connectivity index (χ3n) is 2.55. The summed E-state index contributed by atoms with van der Waals surface area (Å²) >= 11 is 0. The molecule has 0 aliphatic heterocycles. The molecule has 0 radical (unpaired) electrons. The Labute approximate surface area is 102 Å². The van der Waals surface area contributed by atoms with Crippen molar-refractivity contribution in [2.75, 3.05) is 26.0 Å². The molecule has 1 aromatic rings. The minimum Gasteiger partial charge on any atom is -0.495 e. The Morgan fingerprint density at radius 2 is 2.18 bits per heavy atom. The number of hydrogen-bond acceptors (Lipinski definition) is 3. The minimum absolute atomic E-state index is 0.00842. The first kappa shape index (κ1) is 13.5. The molecule has 1 amide bonds. The molecule has 0 saturated heterocycles. The van der Waals surface area contributed by atoms with Gasteiger partial charge in [0.1, 0.15) is 5.75 Å². The van der Waals surface area contributed by atoms with Crippen LogP contribution in [0.25, 0.3) is 0 Å². The lowest BCUT2D eigenvalue weighted by molar-refractivity contribution is -0.116. The number of anilines is 1. The fraction of sp³-hybridized carbons (Fsp3) is 0.462. The number of carbonyl (C=O) groups is 1. The van der Waals surface area contributed by atoms with Crippen LogP contribution in [0.2, 0.25) is 0 Å². The molecule has 2 N–H and O–H groups in total. The van der Waals surface area contributed by atoms with Crippen molar-refractivity contribution < 1.29 is 9.53 Å². The molecule has 4 heteroatoms. The lowest BCUT2D eigenvalue weighted by Crippen LogP contribution is -2.19. The van der Waals surface area contributed by atoms with Crippen molar-refractivity contribution in [1.29, 1.82) is 0 Å². The number of benzene rings is 1. The lowest BCUT2D eigenvalue weighted by atomic mass is 10.1. The Balaban J connectivity index is 2.76. The van der Waals surface area contributed by atoms with E-state index in [1.807, 2.05) is 25.2 Å². The number of amides is 1. The molecule has 0 aliphatic rings. The predicted octanol–water partition coefficient (Wildman–Crippen LogP) is 1.81. The van der Waals surface area contributed by atoms with Gasteiger partial charge in [-0.1, -0.05) is 13.0 Å². The van der Waals surface area contributed by atoms with E-state index >= 15 is 0 Å². The molecule has 94 valence electrons. The molecular formula is C13H20N2O2. The number of ether oxygens (including phenoxy) is 1.